The Morgan fingerprint density at radius 1 is 0.732 bits per heavy atom. The second-order valence-electron chi connectivity index (χ2n) is 13.4. The van der Waals surface area contributed by atoms with Crippen molar-refractivity contribution in [3.63, 3.8) is 0 Å². The van der Waals surface area contributed by atoms with Crippen LogP contribution in [-0.2, 0) is 50.9 Å². The maximum atomic E-state index is 13.4. The van der Waals surface area contributed by atoms with Crippen LogP contribution in [0.15, 0.2) is 72.0 Å². The van der Waals surface area contributed by atoms with Gasteiger partial charge in [0.15, 0.2) is 12.6 Å². The van der Waals surface area contributed by atoms with Gasteiger partial charge in [0.25, 0.3) is 0 Å². The van der Waals surface area contributed by atoms with E-state index in [1.807, 2.05) is 0 Å². The molecule has 9 N–H and O–H groups in total. The highest BCUT2D eigenvalue weighted by molar-refractivity contribution is 5.91. The van der Waals surface area contributed by atoms with Crippen LogP contribution in [0.2, 0.25) is 0 Å². The topological polar surface area (TPSA) is 281 Å². The maximum absolute atomic E-state index is 13.4. The Morgan fingerprint density at radius 3 is 1.88 bits per heavy atom. The number of hydrogen-bond donors (Lipinski definition) is 9. The molecule has 12 atom stereocenters. The first-order valence-corrected chi connectivity index (χ1v) is 18.0. The molecular weight excluding hydrogens is 744 g/mol. The lowest BCUT2D eigenvalue weighted by Crippen LogP contribution is -2.60. The van der Waals surface area contributed by atoms with E-state index in [0.717, 1.165) is 17.4 Å². The molecule has 0 aromatic heterocycles. The fourth-order valence-corrected chi connectivity index (χ4v) is 6.38. The lowest BCUT2D eigenvalue weighted by Gasteiger charge is -2.41. The highest BCUT2D eigenvalue weighted by Crippen LogP contribution is 2.36. The van der Waals surface area contributed by atoms with Gasteiger partial charge in [0.2, 0.25) is 6.29 Å². The Morgan fingerprint density at radius 2 is 1.29 bits per heavy atom. The van der Waals surface area contributed by atoms with Crippen molar-refractivity contribution in [2.75, 3.05) is 26.4 Å². The standard InChI is InChI=1S/C38H48O18/c1-2-23-24(15-28(42)53-22-9-5-20(6-10-22)12-14-51-37-33(47)31(45)29(43)26(16-39)54-37)25(35(49)50-13-11-19-3-7-21(41)8-4-19)18-52-36(23)56-38-34(48)32(46)30(44)27(17-40)55-38/h2-10,18,24,26-27,29-34,36-41,43-48H,11-17H2,1H3/t24-,26-,27-,29-,30-,31+,32+,33-,34-,36+,37-,38+/m1/s1. The van der Waals surface area contributed by atoms with Gasteiger partial charge in [-0.05, 0) is 48.7 Å². The van der Waals surface area contributed by atoms with Crippen LogP contribution in [0.5, 0.6) is 11.5 Å². The Balaban J connectivity index is 1.23. The fraction of sp³-hybridized carbons (Fsp3) is 0.526. The first-order chi connectivity index (χ1) is 26.8. The number of aromatic hydroxyl groups is 1. The van der Waals surface area contributed by atoms with Crippen molar-refractivity contribution in [1.82, 2.24) is 0 Å². The Labute approximate surface area is 321 Å². The molecule has 0 amide bonds. The number of carbonyl (C=O) groups excluding carboxylic acids is 2. The normalized spacial score (nSPS) is 32.7. The van der Waals surface area contributed by atoms with E-state index >= 15 is 0 Å². The third-order valence-corrected chi connectivity index (χ3v) is 9.65. The second kappa shape index (κ2) is 19.9. The Bertz CT molecular complexity index is 1640. The number of phenols is 1. The number of esters is 2. The van der Waals surface area contributed by atoms with Crippen molar-refractivity contribution in [2.24, 2.45) is 5.92 Å². The van der Waals surface area contributed by atoms with Gasteiger partial charge in [-0.3, -0.25) is 4.79 Å². The average Bonchev–Trinajstić information content (AvgIpc) is 3.19. The molecule has 0 spiro atoms. The zero-order valence-corrected chi connectivity index (χ0v) is 30.4. The van der Waals surface area contributed by atoms with E-state index in [1.165, 1.54) is 30.3 Å². The molecule has 2 aromatic rings. The number of aliphatic hydroxyl groups is 8. The van der Waals surface area contributed by atoms with Gasteiger partial charge in [-0.1, -0.05) is 30.3 Å². The van der Waals surface area contributed by atoms with Gasteiger partial charge in [0.1, 0.15) is 60.3 Å². The first kappa shape index (κ1) is 43.1. The van der Waals surface area contributed by atoms with E-state index < -0.39 is 105 Å². The minimum atomic E-state index is -1.75. The van der Waals surface area contributed by atoms with Gasteiger partial charge in [-0.15, -0.1) is 0 Å². The Hall–Kier alpha value is -4.02. The van der Waals surface area contributed by atoms with Crippen molar-refractivity contribution in [1.29, 1.82) is 0 Å². The Kier molecular flexibility index (Phi) is 15.3. The number of allylic oxidation sites excluding steroid dienone is 1. The summed E-state index contributed by atoms with van der Waals surface area (Å²) in [6.07, 6.45) is -13.5. The van der Waals surface area contributed by atoms with Crippen LogP contribution < -0.4 is 4.74 Å². The van der Waals surface area contributed by atoms with Gasteiger partial charge in [0.05, 0.1) is 44.7 Å². The molecule has 2 fully saturated rings. The van der Waals surface area contributed by atoms with Crippen molar-refractivity contribution < 1.29 is 88.7 Å². The predicted molar refractivity (Wildman–Crippen MR) is 188 cm³/mol. The number of hydrogen-bond acceptors (Lipinski definition) is 18. The van der Waals surface area contributed by atoms with Crippen LogP contribution >= 0.6 is 0 Å². The van der Waals surface area contributed by atoms with Crippen LogP contribution in [0.3, 0.4) is 0 Å². The van der Waals surface area contributed by atoms with E-state index in [0.29, 0.717) is 12.8 Å². The first-order valence-electron chi connectivity index (χ1n) is 18.0. The van der Waals surface area contributed by atoms with E-state index in [9.17, 15) is 55.5 Å². The van der Waals surface area contributed by atoms with E-state index in [2.05, 4.69) is 0 Å². The third-order valence-electron chi connectivity index (χ3n) is 9.65. The minimum absolute atomic E-state index is 0.0320. The number of ether oxygens (including phenoxy) is 7. The van der Waals surface area contributed by atoms with Crippen molar-refractivity contribution in [2.45, 2.75) is 93.9 Å². The molecular formula is C38H48O18. The molecule has 18 heteroatoms. The molecule has 3 heterocycles. The van der Waals surface area contributed by atoms with Crippen LogP contribution in [0.25, 0.3) is 0 Å². The average molecular weight is 793 g/mol. The quantitative estimate of drug-likeness (QED) is 0.0561. The highest BCUT2D eigenvalue weighted by atomic mass is 16.8. The molecule has 0 saturated carbocycles. The number of benzene rings is 2. The van der Waals surface area contributed by atoms with Crippen molar-refractivity contribution in [3.8, 4) is 11.5 Å². The van der Waals surface area contributed by atoms with Crippen LogP contribution in [0.1, 0.15) is 24.5 Å². The SMILES string of the molecule is CC=C1[C@H](O[C@@H]2O[C@H](CO)[C@@H](O)[C@H](O)[C@H]2O)OC=C(C(=O)OCCc2ccc(O)cc2)[C@@H]1CC(=O)Oc1ccc(CCO[C@@H]2O[C@H](CO)[C@@H](O)[C@H](O)[C@H]2O)cc1. The van der Waals surface area contributed by atoms with Crippen molar-refractivity contribution in [3.05, 3.63) is 83.1 Å². The molecule has 3 aliphatic rings. The van der Waals surface area contributed by atoms with Crippen molar-refractivity contribution >= 4 is 11.9 Å². The zero-order valence-electron chi connectivity index (χ0n) is 30.4. The molecule has 18 nitrogen and oxygen atoms in total. The molecule has 0 radical (unpaired) electrons. The smallest absolute Gasteiger partial charge is 0.337 e. The summed E-state index contributed by atoms with van der Waals surface area (Å²) in [6.45, 7) is 0.298. The van der Waals surface area contributed by atoms with Gasteiger partial charge >= 0.3 is 11.9 Å². The van der Waals surface area contributed by atoms with Gasteiger partial charge in [-0.25, -0.2) is 4.79 Å². The number of rotatable bonds is 15. The molecule has 3 aliphatic heterocycles. The highest BCUT2D eigenvalue weighted by Gasteiger charge is 2.47. The summed E-state index contributed by atoms with van der Waals surface area (Å²) in [4.78, 5) is 26.8. The van der Waals surface area contributed by atoms with Gasteiger partial charge in [-0.2, -0.15) is 0 Å². The second-order valence-corrected chi connectivity index (χ2v) is 13.4. The summed E-state index contributed by atoms with van der Waals surface area (Å²) in [5, 5.41) is 89.6. The fourth-order valence-electron chi connectivity index (χ4n) is 6.38. The molecule has 0 unspecified atom stereocenters. The van der Waals surface area contributed by atoms with Crippen LogP contribution in [-0.4, -0.2) is 152 Å². The van der Waals surface area contributed by atoms with Gasteiger partial charge < -0.3 is 79.1 Å². The maximum Gasteiger partial charge on any atom is 0.337 e. The number of phenolic OH excluding ortho intramolecular Hbond substituents is 1. The van der Waals surface area contributed by atoms with Gasteiger partial charge in [0, 0.05) is 17.9 Å². The summed E-state index contributed by atoms with van der Waals surface area (Å²) in [7, 11) is 0. The minimum Gasteiger partial charge on any atom is -0.508 e. The molecule has 56 heavy (non-hydrogen) atoms. The van der Waals surface area contributed by atoms with Crippen LogP contribution in [0.4, 0.5) is 0 Å². The third kappa shape index (κ3) is 10.5. The predicted octanol–water partition coefficient (Wildman–Crippen LogP) is -1.55. The van der Waals surface area contributed by atoms with Crippen LogP contribution in [0, 0.1) is 5.92 Å². The van der Waals surface area contributed by atoms with E-state index in [-0.39, 0.29) is 35.9 Å². The summed E-state index contributed by atoms with van der Waals surface area (Å²) < 4.78 is 39.0. The molecule has 0 bridgehead atoms. The van der Waals surface area contributed by atoms with E-state index in [4.69, 9.17) is 33.2 Å². The molecule has 0 aliphatic carbocycles. The largest absolute Gasteiger partial charge is 0.508 e. The summed E-state index contributed by atoms with van der Waals surface area (Å²) >= 11 is 0. The summed E-state index contributed by atoms with van der Waals surface area (Å²) in [6, 6.07) is 12.7. The zero-order chi connectivity index (χ0) is 40.5. The lowest BCUT2D eigenvalue weighted by atomic mass is 9.86. The molecule has 308 valence electrons. The number of aliphatic hydroxyl groups excluding tert-OH is 8. The molecule has 2 aromatic carbocycles. The summed E-state index contributed by atoms with van der Waals surface area (Å²) in [5.41, 5.74) is 1.72. The summed E-state index contributed by atoms with van der Waals surface area (Å²) in [5.74, 6) is -2.35. The monoisotopic (exact) mass is 792 g/mol. The molecule has 5 rings (SSSR count). The van der Waals surface area contributed by atoms with E-state index in [1.54, 1.807) is 31.2 Å². The molecule has 2 saturated heterocycles. The number of carbonyl (C=O) groups is 2. The lowest BCUT2D eigenvalue weighted by molar-refractivity contribution is -0.327.